The van der Waals surface area contributed by atoms with Gasteiger partial charge >= 0.3 is 0 Å². The maximum atomic E-state index is 2.32. The highest BCUT2D eigenvalue weighted by molar-refractivity contribution is 7.22. The van der Waals surface area contributed by atoms with Crippen molar-refractivity contribution < 1.29 is 0 Å². The van der Waals surface area contributed by atoms with Crippen LogP contribution in [-0.2, 0) is 6.42 Å². The van der Waals surface area contributed by atoms with Crippen LogP contribution in [0.5, 0.6) is 0 Å². The zero-order valence-corrected chi connectivity index (χ0v) is 25.4. The second-order valence-corrected chi connectivity index (χ2v) is 12.0. The van der Waals surface area contributed by atoms with Crippen LogP contribution in [0.2, 0.25) is 0 Å². The first-order valence-corrected chi connectivity index (χ1v) is 15.6. The van der Waals surface area contributed by atoms with Crippen molar-refractivity contribution in [2.45, 2.75) is 33.6 Å². The van der Waals surface area contributed by atoms with Gasteiger partial charge in [0.1, 0.15) is 0 Å². The van der Waals surface area contributed by atoms with Crippen LogP contribution >= 0.6 is 11.3 Å². The molecule has 1 aromatic heterocycles. The van der Waals surface area contributed by atoms with Crippen LogP contribution in [0, 0.1) is 13.8 Å². The maximum Gasteiger partial charge on any atom is 0.0387 e. The SMILES string of the molecule is C/C=C/c1ccc(-c2sc3cc(/C=C/c4ccc5ccccc5c4)ccc3c2C)c(C)c1.C1=Cc2ccccc2CC1. The van der Waals surface area contributed by atoms with E-state index in [-0.39, 0.29) is 0 Å². The molecule has 0 bridgehead atoms. The highest BCUT2D eigenvalue weighted by Crippen LogP contribution is 2.40. The van der Waals surface area contributed by atoms with Gasteiger partial charge in [0.2, 0.25) is 0 Å². The van der Waals surface area contributed by atoms with Crippen molar-refractivity contribution in [2.24, 2.45) is 0 Å². The first-order valence-electron chi connectivity index (χ1n) is 14.8. The summed E-state index contributed by atoms with van der Waals surface area (Å²) >= 11 is 1.90. The number of allylic oxidation sites excluding steroid dienone is 2. The van der Waals surface area contributed by atoms with E-state index in [0.717, 1.165) is 0 Å². The lowest BCUT2D eigenvalue weighted by Crippen LogP contribution is -1.91. The average Bonchev–Trinajstić information content (AvgIpc) is 3.35. The lowest BCUT2D eigenvalue weighted by atomic mass is 9.98. The largest absolute Gasteiger partial charge is 0.135 e. The summed E-state index contributed by atoms with van der Waals surface area (Å²) in [5.41, 5.74) is 10.6. The monoisotopic (exact) mass is 560 g/mol. The Morgan fingerprint density at radius 3 is 2.19 bits per heavy atom. The zero-order valence-electron chi connectivity index (χ0n) is 24.6. The fourth-order valence-electron chi connectivity index (χ4n) is 5.72. The molecule has 206 valence electrons. The highest BCUT2D eigenvalue weighted by Gasteiger charge is 2.12. The lowest BCUT2D eigenvalue weighted by molar-refractivity contribution is 0.986. The molecule has 1 heteroatoms. The summed E-state index contributed by atoms with van der Waals surface area (Å²) in [6.07, 6.45) is 15.5. The van der Waals surface area contributed by atoms with Crippen LogP contribution in [-0.4, -0.2) is 0 Å². The van der Waals surface area contributed by atoms with Crippen molar-refractivity contribution in [3.05, 3.63) is 154 Å². The van der Waals surface area contributed by atoms with E-state index in [0.29, 0.717) is 0 Å². The van der Waals surface area contributed by atoms with Crippen LogP contribution in [0.25, 0.3) is 55.6 Å². The molecule has 42 heavy (non-hydrogen) atoms. The highest BCUT2D eigenvalue weighted by atomic mass is 32.1. The van der Waals surface area contributed by atoms with Crippen LogP contribution in [0.4, 0.5) is 0 Å². The fourth-order valence-corrected chi connectivity index (χ4v) is 7.07. The number of fused-ring (bicyclic) bond motifs is 3. The predicted molar refractivity (Wildman–Crippen MR) is 188 cm³/mol. The Bertz CT molecular complexity index is 1960. The summed E-state index contributed by atoms with van der Waals surface area (Å²) < 4.78 is 1.34. The van der Waals surface area contributed by atoms with Gasteiger partial charge in [-0.15, -0.1) is 11.3 Å². The Kier molecular flexibility index (Phi) is 8.30. The van der Waals surface area contributed by atoms with Gasteiger partial charge in [0.25, 0.3) is 0 Å². The molecule has 0 radical (unpaired) electrons. The quantitative estimate of drug-likeness (QED) is 0.188. The summed E-state index contributed by atoms with van der Waals surface area (Å²) in [6.45, 7) is 6.52. The van der Waals surface area contributed by atoms with Gasteiger partial charge in [-0.2, -0.15) is 0 Å². The Morgan fingerprint density at radius 2 is 1.38 bits per heavy atom. The number of thiophene rings is 1. The molecule has 0 fully saturated rings. The van der Waals surface area contributed by atoms with E-state index in [4.69, 9.17) is 0 Å². The lowest BCUT2D eigenvalue weighted by Gasteiger charge is -2.07. The molecular weight excluding hydrogens is 525 g/mol. The normalized spacial score (nSPS) is 12.6. The number of aryl methyl sites for hydroxylation is 3. The molecule has 1 heterocycles. The fraction of sp³-hybridized carbons (Fsp3) is 0.122. The van der Waals surface area contributed by atoms with E-state index < -0.39 is 0 Å². The Hall–Kier alpha value is -4.46. The van der Waals surface area contributed by atoms with E-state index >= 15 is 0 Å². The van der Waals surface area contributed by atoms with E-state index in [1.165, 1.54) is 83.1 Å². The van der Waals surface area contributed by atoms with Crippen molar-refractivity contribution in [2.75, 3.05) is 0 Å². The van der Waals surface area contributed by atoms with E-state index in [1.54, 1.807) is 0 Å². The van der Waals surface area contributed by atoms with Gasteiger partial charge in [0.15, 0.2) is 0 Å². The first-order chi connectivity index (χ1) is 20.6. The minimum absolute atomic E-state index is 1.21. The average molecular weight is 561 g/mol. The Balaban J connectivity index is 0.000000265. The third-order valence-electron chi connectivity index (χ3n) is 7.99. The zero-order chi connectivity index (χ0) is 28.9. The van der Waals surface area contributed by atoms with Gasteiger partial charge in [0, 0.05) is 9.58 Å². The molecule has 5 aromatic carbocycles. The van der Waals surface area contributed by atoms with Gasteiger partial charge in [0.05, 0.1) is 0 Å². The molecule has 6 aromatic rings. The Morgan fingerprint density at radius 1 is 0.667 bits per heavy atom. The summed E-state index contributed by atoms with van der Waals surface area (Å²) in [5, 5.41) is 3.91. The molecular formula is C41H36S. The molecule has 0 aliphatic heterocycles. The minimum atomic E-state index is 1.21. The van der Waals surface area contributed by atoms with E-state index in [1.807, 2.05) is 11.3 Å². The molecule has 0 saturated heterocycles. The summed E-state index contributed by atoms with van der Waals surface area (Å²) in [6, 6.07) is 37.3. The molecule has 0 saturated carbocycles. The van der Waals surface area contributed by atoms with Crippen LogP contribution < -0.4 is 0 Å². The van der Waals surface area contributed by atoms with Crippen molar-refractivity contribution in [3.63, 3.8) is 0 Å². The molecule has 7 rings (SSSR count). The third kappa shape index (κ3) is 6.08. The molecule has 1 aliphatic carbocycles. The van der Waals surface area contributed by atoms with Crippen LogP contribution in [0.1, 0.15) is 52.3 Å². The number of rotatable bonds is 4. The van der Waals surface area contributed by atoms with Gasteiger partial charge in [-0.05, 0) is 106 Å². The number of hydrogen-bond donors (Lipinski definition) is 0. The topological polar surface area (TPSA) is 0 Å². The summed E-state index contributed by atoms with van der Waals surface area (Å²) in [7, 11) is 0. The first kappa shape index (κ1) is 27.7. The van der Waals surface area contributed by atoms with Gasteiger partial charge in [-0.1, -0.05) is 127 Å². The molecule has 1 aliphatic rings. The summed E-state index contributed by atoms with van der Waals surface area (Å²) in [5.74, 6) is 0. The number of benzene rings is 5. The molecule has 0 amide bonds. The smallest absolute Gasteiger partial charge is 0.0387 e. The van der Waals surface area contributed by atoms with Crippen molar-refractivity contribution in [1.29, 1.82) is 0 Å². The second-order valence-electron chi connectivity index (χ2n) is 11.0. The van der Waals surface area contributed by atoms with E-state index in [9.17, 15) is 0 Å². The van der Waals surface area contributed by atoms with Gasteiger partial charge in [-0.25, -0.2) is 0 Å². The van der Waals surface area contributed by atoms with Gasteiger partial charge in [-0.3, -0.25) is 0 Å². The van der Waals surface area contributed by atoms with Gasteiger partial charge < -0.3 is 0 Å². The minimum Gasteiger partial charge on any atom is -0.135 e. The van der Waals surface area contributed by atoms with Crippen molar-refractivity contribution >= 4 is 56.5 Å². The Labute approximate surface area is 254 Å². The molecule has 0 atom stereocenters. The number of hydrogen-bond acceptors (Lipinski definition) is 1. The predicted octanol–water partition coefficient (Wildman–Crippen LogP) is 12.2. The van der Waals surface area contributed by atoms with Crippen molar-refractivity contribution in [1.82, 2.24) is 0 Å². The molecule has 0 unspecified atom stereocenters. The second kappa shape index (κ2) is 12.6. The van der Waals surface area contributed by atoms with E-state index in [2.05, 4.69) is 160 Å². The molecule has 0 nitrogen and oxygen atoms in total. The molecule has 0 N–H and O–H groups in total. The standard InChI is InChI=1S/C31H26S.C10H10/c1-4-7-23-13-16-28(21(2)18-23)31-22(3)29-17-14-25(20-30(29)32-31)11-10-24-12-15-26-8-5-6-9-27(26)19-24;1-2-6-10-8-4-3-7-9(10)5-1/h4-20H,1-3H3;1-3,5-7H,4,8H2/b7-4+,11-10+;. The maximum absolute atomic E-state index is 2.32. The molecule has 0 spiro atoms. The van der Waals surface area contributed by atoms with Crippen molar-refractivity contribution in [3.8, 4) is 10.4 Å². The summed E-state index contributed by atoms with van der Waals surface area (Å²) in [4.78, 5) is 1.38. The van der Waals surface area contributed by atoms with Crippen LogP contribution in [0.15, 0.2) is 115 Å². The van der Waals surface area contributed by atoms with Crippen LogP contribution in [0.3, 0.4) is 0 Å². The third-order valence-corrected chi connectivity index (χ3v) is 9.28.